The summed E-state index contributed by atoms with van der Waals surface area (Å²) in [7, 11) is 0. The summed E-state index contributed by atoms with van der Waals surface area (Å²) in [5.41, 5.74) is -0.215. The molecule has 1 saturated heterocycles. The topological polar surface area (TPSA) is 124 Å². The number of likely N-dealkylation sites (tertiary alicyclic amines) is 1. The molecule has 3 aliphatic rings. The minimum Gasteiger partial charge on any atom is -0.456 e. The average molecular weight is 600 g/mol. The standard InChI is InChI=1S/C23H24Br2N2O7/c1-10(2)6-15(23(31)34-9-16(28)11-4-3-5-12(7-11)27(32)33)26-21(29)17-13-8-14(18(17)22(26)30)20(25)19(13)24/h3-5,7,10,13-15,17-20H,6,8-9H2,1-2H3/t13-,14-,15-,17-,18-,19-,20+/m0/s1. The van der Waals surface area contributed by atoms with Crippen molar-refractivity contribution in [1.29, 1.82) is 0 Å². The summed E-state index contributed by atoms with van der Waals surface area (Å²) in [5.74, 6) is -3.02. The lowest BCUT2D eigenvalue weighted by atomic mass is 9.81. The number of ether oxygens (including phenoxy) is 1. The first-order valence-electron chi connectivity index (χ1n) is 11.1. The van der Waals surface area contributed by atoms with E-state index in [1.54, 1.807) is 0 Å². The zero-order chi connectivity index (χ0) is 24.9. The van der Waals surface area contributed by atoms with Gasteiger partial charge in [-0.3, -0.25) is 29.4 Å². The van der Waals surface area contributed by atoms with Gasteiger partial charge in [-0.15, -0.1) is 0 Å². The smallest absolute Gasteiger partial charge is 0.329 e. The number of non-ortho nitro benzene ring substituents is 1. The minimum absolute atomic E-state index is 0.0179. The Morgan fingerprint density at radius 1 is 1.15 bits per heavy atom. The van der Waals surface area contributed by atoms with Crippen LogP contribution in [0.25, 0.3) is 0 Å². The molecule has 2 saturated carbocycles. The van der Waals surface area contributed by atoms with Crippen LogP contribution in [0.4, 0.5) is 5.69 Å². The minimum atomic E-state index is -1.12. The average Bonchev–Trinajstić information content (AvgIpc) is 3.40. The van der Waals surface area contributed by atoms with Crippen molar-refractivity contribution in [3.8, 4) is 0 Å². The number of carbonyl (C=O) groups excluding carboxylic acids is 4. The van der Waals surface area contributed by atoms with Crippen molar-refractivity contribution in [3.63, 3.8) is 0 Å². The fourth-order valence-electron chi connectivity index (χ4n) is 5.54. The van der Waals surface area contributed by atoms with E-state index in [1.807, 2.05) is 13.8 Å². The SMILES string of the molecule is CC(C)C[C@@H](C(=O)OCC(=O)c1cccc([N+](=O)[O-])c1)N1C(=O)[C@H]2[C@@H]3C[C@H]([C@@H](Br)[C@H]3Br)[C@@H]2C1=O. The highest BCUT2D eigenvalue weighted by Gasteiger charge is 2.67. The third kappa shape index (κ3) is 4.21. The van der Waals surface area contributed by atoms with Crippen molar-refractivity contribution in [3.05, 3.63) is 39.9 Å². The molecular formula is C23H24Br2N2O7. The van der Waals surface area contributed by atoms with Crippen LogP contribution in [0.15, 0.2) is 24.3 Å². The molecule has 0 radical (unpaired) electrons. The Balaban J connectivity index is 1.50. The molecule has 1 aliphatic heterocycles. The number of esters is 1. The second-order valence-corrected chi connectivity index (χ2v) is 11.6. The molecule has 1 heterocycles. The summed E-state index contributed by atoms with van der Waals surface area (Å²) in [6.45, 7) is 3.09. The molecule has 1 aromatic rings. The number of halogens is 2. The first kappa shape index (κ1) is 25.0. The molecule has 0 N–H and O–H groups in total. The van der Waals surface area contributed by atoms with Gasteiger partial charge >= 0.3 is 5.97 Å². The molecule has 1 aromatic carbocycles. The first-order chi connectivity index (χ1) is 16.0. The van der Waals surface area contributed by atoms with Gasteiger partial charge in [-0.2, -0.15) is 0 Å². The normalized spacial score (nSPS) is 30.6. The molecule has 2 aliphatic carbocycles. The summed E-state index contributed by atoms with van der Waals surface area (Å²) < 4.78 is 5.24. The quantitative estimate of drug-likeness (QED) is 0.112. The van der Waals surface area contributed by atoms with Gasteiger partial charge in [-0.25, -0.2) is 4.79 Å². The number of nitrogens with zero attached hydrogens (tertiary/aromatic N) is 2. The number of hydrogen-bond acceptors (Lipinski definition) is 7. The van der Waals surface area contributed by atoms with Crippen LogP contribution in [-0.4, -0.2) is 55.7 Å². The van der Waals surface area contributed by atoms with Crippen molar-refractivity contribution in [2.24, 2.45) is 29.6 Å². The fourth-order valence-corrected chi connectivity index (χ4v) is 7.42. The number of amides is 2. The second kappa shape index (κ2) is 9.49. The maximum absolute atomic E-state index is 13.4. The van der Waals surface area contributed by atoms with Crippen LogP contribution in [0.3, 0.4) is 0 Å². The lowest BCUT2D eigenvalue weighted by Gasteiger charge is -2.28. The number of ketones is 1. The molecule has 7 atom stereocenters. The van der Waals surface area contributed by atoms with E-state index >= 15 is 0 Å². The maximum Gasteiger partial charge on any atom is 0.329 e. The highest BCUT2D eigenvalue weighted by Crippen LogP contribution is 2.60. The highest BCUT2D eigenvalue weighted by molar-refractivity contribution is 9.12. The molecule has 0 aromatic heterocycles. The molecule has 3 fully saturated rings. The summed E-state index contributed by atoms with van der Waals surface area (Å²) in [5, 5.41) is 10.9. The molecule has 34 heavy (non-hydrogen) atoms. The number of imide groups is 1. The predicted molar refractivity (Wildman–Crippen MR) is 127 cm³/mol. The molecule has 2 amide bonds. The van der Waals surface area contributed by atoms with Gasteiger partial charge in [0.1, 0.15) is 6.04 Å². The molecule has 182 valence electrons. The third-order valence-electron chi connectivity index (χ3n) is 7.02. The molecule has 2 bridgehead atoms. The van der Waals surface area contributed by atoms with E-state index in [2.05, 4.69) is 31.9 Å². The molecule has 11 heteroatoms. The number of Topliss-reactive ketones (excluding diaryl/α,β-unsaturated/α-hetero) is 1. The number of alkyl halides is 2. The van der Waals surface area contributed by atoms with Crippen molar-refractivity contribution in [2.45, 2.75) is 42.4 Å². The van der Waals surface area contributed by atoms with E-state index in [4.69, 9.17) is 4.74 Å². The predicted octanol–water partition coefficient (Wildman–Crippen LogP) is 3.51. The summed E-state index contributed by atoms with van der Waals surface area (Å²) in [4.78, 5) is 63.8. The monoisotopic (exact) mass is 598 g/mol. The molecule has 9 nitrogen and oxygen atoms in total. The molecule has 0 unspecified atom stereocenters. The molecular weight excluding hydrogens is 576 g/mol. The maximum atomic E-state index is 13.4. The van der Waals surface area contributed by atoms with Crippen LogP contribution in [0, 0.1) is 39.7 Å². The van der Waals surface area contributed by atoms with E-state index in [9.17, 15) is 29.3 Å². The Morgan fingerprint density at radius 2 is 1.74 bits per heavy atom. The second-order valence-electron chi connectivity index (χ2n) is 9.53. The van der Waals surface area contributed by atoms with Crippen LogP contribution >= 0.6 is 31.9 Å². The number of rotatable bonds is 8. The fraction of sp³-hybridized carbons (Fsp3) is 0.565. The van der Waals surface area contributed by atoms with Crippen LogP contribution in [0.1, 0.15) is 37.0 Å². The van der Waals surface area contributed by atoms with Crippen molar-refractivity contribution >= 4 is 61.1 Å². The largest absolute Gasteiger partial charge is 0.456 e. The Kier molecular flexibility index (Phi) is 6.97. The van der Waals surface area contributed by atoms with Gasteiger partial charge < -0.3 is 4.74 Å². The van der Waals surface area contributed by atoms with Gasteiger partial charge in [0.2, 0.25) is 17.6 Å². The van der Waals surface area contributed by atoms with Crippen molar-refractivity contribution in [2.75, 3.05) is 6.61 Å². The number of nitro groups is 1. The lowest BCUT2D eigenvalue weighted by molar-refractivity contribution is -0.384. The zero-order valence-electron chi connectivity index (χ0n) is 18.6. The summed E-state index contributed by atoms with van der Waals surface area (Å²) in [6.07, 6.45) is 0.995. The Morgan fingerprint density at radius 3 is 2.26 bits per heavy atom. The van der Waals surface area contributed by atoms with Crippen molar-refractivity contribution in [1.82, 2.24) is 4.90 Å². The van der Waals surface area contributed by atoms with Crippen LogP contribution < -0.4 is 0 Å². The van der Waals surface area contributed by atoms with Gasteiger partial charge in [0.15, 0.2) is 6.61 Å². The van der Waals surface area contributed by atoms with E-state index in [-0.39, 0.29) is 56.9 Å². The van der Waals surface area contributed by atoms with E-state index in [0.717, 1.165) is 17.4 Å². The Labute approximate surface area is 213 Å². The Bertz CT molecular complexity index is 1030. The van der Waals surface area contributed by atoms with Crippen molar-refractivity contribution < 1.29 is 28.8 Å². The highest BCUT2D eigenvalue weighted by atomic mass is 79.9. The number of nitro benzene ring substituents is 1. The number of fused-ring (bicyclic) bond motifs is 5. The Hall–Kier alpha value is -2.14. The number of carbonyl (C=O) groups is 4. The van der Waals surface area contributed by atoms with Gasteiger partial charge in [-0.05, 0) is 30.6 Å². The summed E-state index contributed by atoms with van der Waals surface area (Å²) >= 11 is 7.30. The first-order valence-corrected chi connectivity index (χ1v) is 12.9. The van der Waals surface area contributed by atoms with Gasteiger partial charge in [0.05, 0.1) is 16.8 Å². The number of benzene rings is 1. The van der Waals surface area contributed by atoms with Crippen LogP contribution in [0.5, 0.6) is 0 Å². The van der Waals surface area contributed by atoms with Gasteiger partial charge in [0.25, 0.3) is 5.69 Å². The van der Waals surface area contributed by atoms with Gasteiger partial charge in [-0.1, -0.05) is 57.8 Å². The van der Waals surface area contributed by atoms with Gasteiger partial charge in [0, 0.05) is 27.4 Å². The van der Waals surface area contributed by atoms with E-state index in [1.165, 1.54) is 18.2 Å². The third-order valence-corrected chi connectivity index (χ3v) is 10.2. The van der Waals surface area contributed by atoms with Crippen LogP contribution in [-0.2, 0) is 19.1 Å². The zero-order valence-corrected chi connectivity index (χ0v) is 21.7. The lowest BCUT2D eigenvalue weighted by Crippen LogP contribution is -2.48. The molecule has 4 rings (SSSR count). The van der Waals surface area contributed by atoms with E-state index in [0.29, 0.717) is 0 Å². The number of hydrogen-bond donors (Lipinski definition) is 0. The van der Waals surface area contributed by atoms with Crippen LogP contribution in [0.2, 0.25) is 0 Å². The molecule has 0 spiro atoms. The van der Waals surface area contributed by atoms with E-state index < -0.39 is 41.2 Å². The summed E-state index contributed by atoms with van der Waals surface area (Å²) in [6, 6.07) is 4.01.